The van der Waals surface area contributed by atoms with Crippen LogP contribution in [0.15, 0.2) is 85.1 Å². The number of esters is 2. The zero-order valence-corrected chi connectivity index (χ0v) is 36.4. The Kier molecular flexibility index (Phi) is 38.4. The number of carbonyl (C=O) groups is 3. The highest BCUT2D eigenvalue weighted by Crippen LogP contribution is 2.43. The van der Waals surface area contributed by atoms with Gasteiger partial charge in [-0.05, 0) is 76.7 Å². The van der Waals surface area contributed by atoms with Crippen molar-refractivity contribution in [1.29, 1.82) is 0 Å². The second kappa shape index (κ2) is 40.6. The summed E-state index contributed by atoms with van der Waals surface area (Å²) in [6.45, 7) is 2.03. The molecule has 1 unspecified atom stereocenters. The van der Waals surface area contributed by atoms with Crippen molar-refractivity contribution >= 4 is 25.5 Å². The van der Waals surface area contributed by atoms with Crippen LogP contribution in [0.2, 0.25) is 0 Å². The maximum absolute atomic E-state index is 12.6. The van der Waals surface area contributed by atoms with Gasteiger partial charge < -0.3 is 24.6 Å². The Bertz CT molecular complexity index is 1300. The van der Waals surface area contributed by atoms with Crippen molar-refractivity contribution in [2.45, 2.75) is 161 Å². The first-order valence-corrected chi connectivity index (χ1v) is 23.0. The number of hydrogen-bond donors (Lipinski definition) is 3. The van der Waals surface area contributed by atoms with Crippen LogP contribution < -0.4 is 0 Å². The molecule has 3 atom stereocenters. The summed E-state index contributed by atoms with van der Waals surface area (Å²) in [6, 6.07) is 0. The Labute approximate surface area is 349 Å². The van der Waals surface area contributed by atoms with Gasteiger partial charge in [0, 0.05) is 19.3 Å². The van der Waals surface area contributed by atoms with Crippen LogP contribution in [0.25, 0.3) is 0 Å². The summed E-state index contributed by atoms with van der Waals surface area (Å²) >= 11 is 0. The smallest absolute Gasteiger partial charge is 0.462 e. The first kappa shape index (κ1) is 54.8. The highest BCUT2D eigenvalue weighted by Gasteiger charge is 2.27. The molecule has 0 aromatic rings. The molecule has 0 radical (unpaired) electrons. The van der Waals surface area contributed by atoms with Gasteiger partial charge in [0.25, 0.3) is 0 Å². The Morgan fingerprint density at radius 1 is 0.569 bits per heavy atom. The lowest BCUT2D eigenvalue weighted by Crippen LogP contribution is -2.29. The Hall–Kier alpha value is -3.18. The minimum Gasteiger partial charge on any atom is -0.462 e. The van der Waals surface area contributed by atoms with Crippen LogP contribution in [-0.2, 0) is 37.5 Å². The largest absolute Gasteiger partial charge is 0.472 e. The van der Waals surface area contributed by atoms with Crippen molar-refractivity contribution in [3.05, 3.63) is 85.1 Å². The van der Waals surface area contributed by atoms with Gasteiger partial charge in [-0.3, -0.25) is 23.4 Å². The molecule has 0 spiro atoms. The summed E-state index contributed by atoms with van der Waals surface area (Å²) in [7, 11) is -4.66. The topological polar surface area (TPSA) is 166 Å². The van der Waals surface area contributed by atoms with E-state index in [1.165, 1.54) is 25.7 Å². The lowest BCUT2D eigenvalue weighted by atomic mass is 10.1. The molecular formula is C46H75O11P. The maximum Gasteiger partial charge on any atom is 0.472 e. The molecule has 0 aromatic carbocycles. The third-order valence-corrected chi connectivity index (χ3v) is 9.46. The fourth-order valence-corrected chi connectivity index (χ4v) is 5.92. The van der Waals surface area contributed by atoms with Gasteiger partial charge in [0.1, 0.15) is 12.7 Å². The molecule has 3 N–H and O–H groups in total. The minimum atomic E-state index is -4.66. The van der Waals surface area contributed by atoms with Crippen molar-refractivity contribution in [3.63, 3.8) is 0 Å². The monoisotopic (exact) mass is 835 g/mol. The number of unbranched alkanes of at least 4 members (excludes halogenated alkanes) is 10. The van der Waals surface area contributed by atoms with E-state index in [9.17, 15) is 28.9 Å². The molecule has 0 aliphatic carbocycles. The van der Waals surface area contributed by atoms with Crippen molar-refractivity contribution in [1.82, 2.24) is 0 Å². The van der Waals surface area contributed by atoms with E-state index in [2.05, 4.69) is 67.0 Å². The zero-order chi connectivity index (χ0) is 42.8. The second-order valence-corrected chi connectivity index (χ2v) is 15.5. The highest BCUT2D eigenvalue weighted by molar-refractivity contribution is 7.47. The van der Waals surface area contributed by atoms with Crippen LogP contribution in [0, 0.1) is 0 Å². The van der Waals surface area contributed by atoms with Gasteiger partial charge in [-0.2, -0.15) is 0 Å². The van der Waals surface area contributed by atoms with Crippen LogP contribution in [0.3, 0.4) is 0 Å². The number of ether oxygens (including phenoxy) is 2. The van der Waals surface area contributed by atoms with Gasteiger partial charge in [0.15, 0.2) is 11.9 Å². The van der Waals surface area contributed by atoms with Crippen LogP contribution >= 0.6 is 7.82 Å². The average molecular weight is 835 g/mol. The number of aliphatic hydroxyl groups is 2. The molecule has 0 amide bonds. The lowest BCUT2D eigenvalue weighted by molar-refractivity contribution is -0.161. The van der Waals surface area contributed by atoms with E-state index in [-0.39, 0.29) is 25.2 Å². The number of carbonyl (C=O) groups excluding carboxylic acids is 3. The average Bonchev–Trinajstić information content (AvgIpc) is 3.20. The number of phosphoric acid groups is 1. The molecule has 0 saturated heterocycles. The highest BCUT2D eigenvalue weighted by atomic mass is 31.2. The van der Waals surface area contributed by atoms with E-state index >= 15 is 0 Å². The van der Waals surface area contributed by atoms with Crippen molar-refractivity contribution in [3.8, 4) is 0 Å². The predicted octanol–water partition coefficient (Wildman–Crippen LogP) is 10.6. The van der Waals surface area contributed by atoms with Crippen LogP contribution in [-0.4, -0.2) is 71.5 Å². The SMILES string of the molecule is CCCCC/C=C\C/C=C\C/C=C\C/C=C\C/C=C\CCC(=O)OC[C@H](COP(=O)(O)OC[C@@H](O)CO)OC(=O)CCCCCCC/C=C\C=C\C(=O)CCCCC. The molecule has 58 heavy (non-hydrogen) atoms. The first-order chi connectivity index (χ1) is 28.1. The van der Waals surface area contributed by atoms with E-state index in [4.69, 9.17) is 19.1 Å². The minimum absolute atomic E-state index is 0.0958. The van der Waals surface area contributed by atoms with Gasteiger partial charge in [-0.15, -0.1) is 0 Å². The van der Waals surface area contributed by atoms with E-state index in [1.807, 2.05) is 24.3 Å². The van der Waals surface area contributed by atoms with Crippen molar-refractivity contribution in [2.75, 3.05) is 26.4 Å². The number of rotatable bonds is 39. The number of aliphatic hydroxyl groups excluding tert-OH is 2. The molecule has 0 aliphatic rings. The Balaban J connectivity index is 4.51. The van der Waals surface area contributed by atoms with E-state index in [0.29, 0.717) is 19.3 Å². The van der Waals surface area contributed by atoms with Gasteiger partial charge >= 0.3 is 19.8 Å². The van der Waals surface area contributed by atoms with Crippen molar-refractivity contribution < 1.29 is 52.6 Å². The third-order valence-electron chi connectivity index (χ3n) is 8.51. The fraction of sp³-hybridized carbons (Fsp3) is 0.630. The molecule has 0 aliphatic heterocycles. The van der Waals surface area contributed by atoms with E-state index < -0.39 is 51.8 Å². The maximum atomic E-state index is 12.6. The van der Waals surface area contributed by atoms with Crippen molar-refractivity contribution in [2.24, 2.45) is 0 Å². The molecule has 12 heteroatoms. The third kappa shape index (κ3) is 39.6. The van der Waals surface area contributed by atoms with E-state index in [1.54, 1.807) is 12.2 Å². The fourth-order valence-electron chi connectivity index (χ4n) is 5.13. The molecule has 0 aromatic heterocycles. The number of ketones is 1. The molecule has 0 bridgehead atoms. The van der Waals surface area contributed by atoms with Crippen LogP contribution in [0.4, 0.5) is 0 Å². The van der Waals surface area contributed by atoms with Gasteiger partial charge in [0.05, 0.1) is 19.8 Å². The van der Waals surface area contributed by atoms with Crippen LogP contribution in [0.5, 0.6) is 0 Å². The molecular weight excluding hydrogens is 759 g/mol. The molecule has 0 rings (SSSR count). The van der Waals surface area contributed by atoms with Gasteiger partial charge in [0.2, 0.25) is 0 Å². The number of allylic oxidation sites excluding steroid dienone is 14. The molecule has 0 fully saturated rings. The number of phosphoric ester groups is 1. The molecule has 11 nitrogen and oxygen atoms in total. The molecule has 0 heterocycles. The standard InChI is InChI=1S/C46H75O11P/c1-3-5-7-8-9-10-11-12-13-14-15-16-17-18-19-22-25-28-32-36-45(50)54-40-44(41-56-58(52,53)55-39-43(49)38-47)57-46(51)37-33-29-26-23-20-21-24-27-31-35-42(48)34-30-6-4-2/h9-10,12-13,15-16,18-19,24-25,27-28,31,35,43-44,47,49H,3-8,11,14,17,20-23,26,29-30,32-34,36-41H2,1-2H3,(H,52,53)/b10-9-,13-12-,16-15-,19-18-,27-24-,28-25-,35-31+/t43-,44+/m0/s1. The summed E-state index contributed by atoms with van der Waals surface area (Å²) < 4.78 is 32.5. The quantitative estimate of drug-likeness (QED) is 0.0135. The summed E-state index contributed by atoms with van der Waals surface area (Å²) in [5.41, 5.74) is 0. The Morgan fingerprint density at radius 2 is 1.09 bits per heavy atom. The molecule has 330 valence electrons. The normalized spacial score (nSPS) is 14.6. The summed E-state index contributed by atoms with van der Waals surface area (Å²) in [4.78, 5) is 46.7. The van der Waals surface area contributed by atoms with Gasteiger partial charge in [-0.1, -0.05) is 138 Å². The first-order valence-electron chi connectivity index (χ1n) is 21.5. The summed E-state index contributed by atoms with van der Waals surface area (Å²) in [5, 5.41) is 18.3. The summed E-state index contributed by atoms with van der Waals surface area (Å²) in [6.07, 6.45) is 44.0. The predicted molar refractivity (Wildman–Crippen MR) is 233 cm³/mol. The van der Waals surface area contributed by atoms with Gasteiger partial charge in [-0.25, -0.2) is 4.57 Å². The van der Waals surface area contributed by atoms with E-state index in [0.717, 1.165) is 77.0 Å². The zero-order valence-electron chi connectivity index (χ0n) is 35.5. The van der Waals surface area contributed by atoms with Crippen LogP contribution in [0.1, 0.15) is 149 Å². The molecule has 0 saturated carbocycles. The second-order valence-electron chi connectivity index (χ2n) is 14.0. The summed E-state index contributed by atoms with van der Waals surface area (Å²) in [5.74, 6) is -0.935. The number of hydrogen-bond acceptors (Lipinski definition) is 10. The Morgan fingerprint density at radius 3 is 1.72 bits per heavy atom. The lowest BCUT2D eigenvalue weighted by Gasteiger charge is -2.20.